The summed E-state index contributed by atoms with van der Waals surface area (Å²) >= 11 is 0. The van der Waals surface area contributed by atoms with Crippen molar-refractivity contribution in [3.05, 3.63) is 94.0 Å². The van der Waals surface area contributed by atoms with Crippen molar-refractivity contribution in [3.63, 3.8) is 0 Å². The van der Waals surface area contributed by atoms with Crippen molar-refractivity contribution >= 4 is 10.9 Å². The number of aromatic nitrogens is 6. The molecule has 0 spiro atoms. The monoisotopic (exact) mass is 551 g/mol. The van der Waals surface area contributed by atoms with Gasteiger partial charge >= 0.3 is 0 Å². The Balaban J connectivity index is 1.34. The Bertz CT molecular complexity index is 1700. The number of unbranched alkanes of at least 4 members (excludes halogenated alkanes) is 1. The number of aryl methyl sites for hydroxylation is 1. The van der Waals surface area contributed by atoms with Crippen LogP contribution in [0.3, 0.4) is 0 Å². The van der Waals surface area contributed by atoms with E-state index in [1.54, 1.807) is 5.06 Å². The van der Waals surface area contributed by atoms with Gasteiger partial charge in [0.2, 0.25) is 0 Å². The maximum Gasteiger partial charge on any atom is 0.261 e. The third-order valence-corrected chi connectivity index (χ3v) is 7.77. The number of tetrazole rings is 1. The molecular formula is C31H33N7O3. The first-order valence-electron chi connectivity index (χ1n) is 14.0. The zero-order valence-corrected chi connectivity index (χ0v) is 23.2. The largest absolute Gasteiger partial charge is 0.394 e. The molecule has 10 heteroatoms. The molecule has 2 N–H and O–H groups in total. The molecule has 2 aromatic heterocycles. The average molecular weight is 552 g/mol. The highest BCUT2D eigenvalue weighted by Crippen LogP contribution is 2.34. The van der Waals surface area contributed by atoms with Crippen molar-refractivity contribution in [2.45, 2.75) is 51.3 Å². The van der Waals surface area contributed by atoms with Crippen LogP contribution in [-0.4, -0.2) is 60.1 Å². The minimum atomic E-state index is -0.241. The lowest BCUT2D eigenvalue weighted by molar-refractivity contribution is -0.153. The second-order valence-electron chi connectivity index (χ2n) is 10.5. The summed E-state index contributed by atoms with van der Waals surface area (Å²) in [6, 6.07) is 22.1. The van der Waals surface area contributed by atoms with Crippen LogP contribution in [0.5, 0.6) is 0 Å². The minimum absolute atomic E-state index is 0.0349. The molecule has 10 nitrogen and oxygen atoms in total. The fourth-order valence-corrected chi connectivity index (χ4v) is 5.57. The van der Waals surface area contributed by atoms with E-state index < -0.39 is 0 Å². The van der Waals surface area contributed by atoms with Crippen molar-refractivity contribution in [2.75, 3.05) is 13.7 Å². The molecule has 1 aliphatic heterocycles. The molecule has 5 aromatic rings. The summed E-state index contributed by atoms with van der Waals surface area (Å²) in [6.45, 7) is 2.53. The Hall–Kier alpha value is -4.25. The van der Waals surface area contributed by atoms with Crippen LogP contribution in [0.4, 0.5) is 0 Å². The number of rotatable bonds is 9. The fraction of sp³-hybridized carbons (Fsp3) is 0.323. The van der Waals surface area contributed by atoms with Gasteiger partial charge in [0, 0.05) is 19.0 Å². The second-order valence-corrected chi connectivity index (χ2v) is 10.5. The summed E-state index contributed by atoms with van der Waals surface area (Å²) in [7, 11) is 1.86. The average Bonchev–Trinajstić information content (AvgIpc) is 3.68. The lowest BCUT2D eigenvalue weighted by Gasteiger charge is -2.19. The molecule has 0 amide bonds. The molecule has 3 heterocycles. The molecule has 2 atom stereocenters. The molecule has 6 rings (SSSR count). The van der Waals surface area contributed by atoms with E-state index >= 15 is 0 Å². The van der Waals surface area contributed by atoms with Crippen LogP contribution in [0.1, 0.15) is 49.2 Å². The Morgan fingerprint density at radius 1 is 1.07 bits per heavy atom. The second kappa shape index (κ2) is 11.7. The zero-order valence-electron chi connectivity index (χ0n) is 23.2. The molecule has 1 fully saturated rings. The zero-order chi connectivity index (χ0) is 28.3. The number of aromatic amines is 1. The van der Waals surface area contributed by atoms with Crippen LogP contribution < -0.4 is 5.56 Å². The van der Waals surface area contributed by atoms with Crippen molar-refractivity contribution in [2.24, 2.45) is 0 Å². The predicted octanol–water partition coefficient (Wildman–Crippen LogP) is 4.30. The first-order valence-corrected chi connectivity index (χ1v) is 14.0. The van der Waals surface area contributed by atoms with E-state index in [-0.39, 0.29) is 24.3 Å². The summed E-state index contributed by atoms with van der Waals surface area (Å²) in [4.78, 5) is 24.6. The highest BCUT2D eigenvalue weighted by molar-refractivity contribution is 5.80. The molecule has 3 aromatic carbocycles. The third kappa shape index (κ3) is 5.41. The van der Waals surface area contributed by atoms with Crippen molar-refractivity contribution in [3.8, 4) is 22.5 Å². The quantitative estimate of drug-likeness (QED) is 0.278. The number of nitrogens with one attached hydrogen (secondary N) is 1. The van der Waals surface area contributed by atoms with Gasteiger partial charge in [-0.3, -0.25) is 14.2 Å². The summed E-state index contributed by atoms with van der Waals surface area (Å²) in [5.41, 5.74) is 5.62. The van der Waals surface area contributed by atoms with Gasteiger partial charge in [0.25, 0.3) is 5.56 Å². The topological polar surface area (TPSA) is 122 Å². The maximum atomic E-state index is 14.0. The predicted molar refractivity (Wildman–Crippen MR) is 156 cm³/mol. The van der Waals surface area contributed by atoms with E-state index in [2.05, 4.69) is 51.8 Å². The van der Waals surface area contributed by atoms with E-state index in [1.807, 2.05) is 54.1 Å². The number of benzene rings is 3. The summed E-state index contributed by atoms with van der Waals surface area (Å²) in [5.74, 6) is 1.41. The number of aliphatic hydroxyl groups excluding tert-OH is 1. The van der Waals surface area contributed by atoms with Gasteiger partial charge in [-0.25, -0.2) is 10.1 Å². The van der Waals surface area contributed by atoms with Crippen LogP contribution in [0.25, 0.3) is 33.4 Å². The Morgan fingerprint density at radius 2 is 1.88 bits per heavy atom. The van der Waals surface area contributed by atoms with Crippen molar-refractivity contribution in [1.82, 2.24) is 35.2 Å². The van der Waals surface area contributed by atoms with Gasteiger partial charge in [-0.1, -0.05) is 67.9 Å². The molecular weight excluding hydrogens is 518 g/mol. The minimum Gasteiger partial charge on any atom is -0.394 e. The lowest BCUT2D eigenvalue weighted by Crippen LogP contribution is -2.26. The van der Waals surface area contributed by atoms with Gasteiger partial charge in [-0.15, -0.1) is 5.10 Å². The number of nitrogens with zero attached hydrogens (tertiary/aromatic N) is 6. The SMILES string of the molecule is CCCCc1nc2ccc(C3CC(CO)ON3C)cc2c(=O)n1Cc1ccc(-c2ccccc2-c2nnn[nH]2)cc1. The van der Waals surface area contributed by atoms with E-state index in [9.17, 15) is 9.90 Å². The number of hydroxylamine groups is 2. The Morgan fingerprint density at radius 3 is 2.59 bits per heavy atom. The normalized spacial score (nSPS) is 17.4. The van der Waals surface area contributed by atoms with Crippen LogP contribution in [-0.2, 0) is 17.8 Å². The van der Waals surface area contributed by atoms with Gasteiger partial charge < -0.3 is 5.11 Å². The number of H-pyrrole nitrogens is 1. The van der Waals surface area contributed by atoms with Gasteiger partial charge in [0.05, 0.1) is 30.1 Å². The molecule has 0 radical (unpaired) electrons. The van der Waals surface area contributed by atoms with Crippen LogP contribution in [0.2, 0.25) is 0 Å². The molecule has 2 unspecified atom stereocenters. The molecule has 210 valence electrons. The summed E-state index contributed by atoms with van der Waals surface area (Å²) in [6.07, 6.45) is 3.12. The van der Waals surface area contributed by atoms with E-state index in [0.29, 0.717) is 29.7 Å². The highest BCUT2D eigenvalue weighted by atomic mass is 16.7. The number of hydrogen-bond donors (Lipinski definition) is 2. The highest BCUT2D eigenvalue weighted by Gasteiger charge is 2.32. The Kier molecular flexibility index (Phi) is 7.69. The summed E-state index contributed by atoms with van der Waals surface area (Å²) < 4.78 is 1.82. The number of hydrogen-bond acceptors (Lipinski definition) is 8. The maximum absolute atomic E-state index is 14.0. The standard InChI is InChI=1S/C31H33N7O3/c1-3-4-9-29-32-27-15-14-22(28-17-23(19-39)41-37(28)2)16-26(27)31(40)38(29)18-20-10-12-21(13-11-20)24-7-5-6-8-25(24)30-33-35-36-34-30/h5-8,10-16,23,28,39H,3-4,9,17-19H2,1-2H3,(H,33,34,35,36). The number of fused-ring (bicyclic) bond motifs is 1. The van der Waals surface area contributed by atoms with Crippen LogP contribution >= 0.6 is 0 Å². The first kappa shape index (κ1) is 26.9. The smallest absolute Gasteiger partial charge is 0.261 e. The molecule has 1 aliphatic rings. The van der Waals surface area contributed by atoms with Crippen LogP contribution in [0.15, 0.2) is 71.5 Å². The third-order valence-electron chi connectivity index (χ3n) is 7.77. The lowest BCUT2D eigenvalue weighted by atomic mass is 9.98. The Labute approximate surface area is 237 Å². The molecule has 0 bridgehead atoms. The van der Waals surface area contributed by atoms with Gasteiger partial charge in [0.15, 0.2) is 5.82 Å². The van der Waals surface area contributed by atoms with E-state index in [1.165, 1.54) is 0 Å². The van der Waals surface area contributed by atoms with Crippen molar-refractivity contribution < 1.29 is 9.94 Å². The van der Waals surface area contributed by atoms with Gasteiger partial charge in [-0.2, -0.15) is 5.06 Å². The molecule has 41 heavy (non-hydrogen) atoms. The summed E-state index contributed by atoms with van der Waals surface area (Å²) in [5, 5.41) is 26.3. The van der Waals surface area contributed by atoms with E-state index in [0.717, 1.165) is 52.9 Å². The fourth-order valence-electron chi connectivity index (χ4n) is 5.57. The van der Waals surface area contributed by atoms with Crippen LogP contribution in [0, 0.1) is 0 Å². The first-order chi connectivity index (χ1) is 20.1. The molecule has 1 saturated heterocycles. The molecule has 0 saturated carbocycles. The van der Waals surface area contributed by atoms with Gasteiger partial charge in [-0.05, 0) is 57.7 Å². The van der Waals surface area contributed by atoms with Gasteiger partial charge in [0.1, 0.15) is 11.9 Å². The molecule has 0 aliphatic carbocycles. The van der Waals surface area contributed by atoms with Crippen molar-refractivity contribution in [1.29, 1.82) is 0 Å². The number of aliphatic hydroxyl groups is 1. The van der Waals surface area contributed by atoms with E-state index in [4.69, 9.17) is 9.82 Å².